The van der Waals surface area contributed by atoms with Gasteiger partial charge >= 0.3 is 0 Å². The molecule has 1 aromatic carbocycles. The molecule has 0 fully saturated rings. The van der Waals surface area contributed by atoms with Crippen molar-refractivity contribution < 1.29 is 5.11 Å². The Morgan fingerprint density at radius 2 is 2.00 bits per heavy atom. The molecule has 0 radical (unpaired) electrons. The molecule has 2 heteroatoms. The van der Waals surface area contributed by atoms with Crippen molar-refractivity contribution in [1.29, 1.82) is 0 Å². The molecule has 1 aromatic heterocycles. The minimum absolute atomic E-state index is 0.150. The molecule has 0 bridgehead atoms. The molecule has 2 aromatic rings. The number of thiophene rings is 1. The van der Waals surface area contributed by atoms with Crippen molar-refractivity contribution in [2.45, 2.75) is 25.9 Å². The van der Waals surface area contributed by atoms with Crippen molar-refractivity contribution >= 4 is 23.0 Å². The molecule has 0 saturated heterocycles. The Kier molecular flexibility index (Phi) is 3.08. The predicted octanol–water partition coefficient (Wildman–Crippen LogP) is 4.23. The molecular weight excluding hydrogens is 252 g/mol. The lowest BCUT2D eigenvalue weighted by Crippen LogP contribution is -2.34. The summed E-state index contributed by atoms with van der Waals surface area (Å²) in [6.45, 7) is 3.82. The first-order valence-corrected chi connectivity index (χ1v) is 7.54. The lowest BCUT2D eigenvalue weighted by atomic mass is 9.73. The van der Waals surface area contributed by atoms with Crippen molar-refractivity contribution in [3.63, 3.8) is 0 Å². The van der Waals surface area contributed by atoms with E-state index in [1.54, 1.807) is 11.3 Å². The van der Waals surface area contributed by atoms with E-state index in [2.05, 4.69) is 47.2 Å². The topological polar surface area (TPSA) is 20.2 Å². The van der Waals surface area contributed by atoms with Gasteiger partial charge in [-0.3, -0.25) is 0 Å². The molecule has 1 unspecified atom stereocenters. The van der Waals surface area contributed by atoms with E-state index >= 15 is 0 Å². The average Bonchev–Trinajstić information content (AvgIpc) is 2.90. The number of hydrogen-bond acceptors (Lipinski definition) is 2. The molecule has 1 nitrogen and oxygen atoms in total. The second-order valence-electron chi connectivity index (χ2n) is 5.72. The third-order valence-electron chi connectivity index (χ3n) is 3.87. The van der Waals surface area contributed by atoms with Crippen molar-refractivity contribution in [1.82, 2.24) is 0 Å². The van der Waals surface area contributed by atoms with Crippen LogP contribution in [0.2, 0.25) is 0 Å². The third kappa shape index (κ3) is 2.38. The Morgan fingerprint density at radius 3 is 2.68 bits per heavy atom. The second-order valence-corrected chi connectivity index (χ2v) is 6.50. The molecule has 0 aliphatic heterocycles. The van der Waals surface area contributed by atoms with Gasteiger partial charge in [-0.05, 0) is 59.4 Å². The smallest absolute Gasteiger partial charge is 0.0663 e. The molecule has 0 amide bonds. The fourth-order valence-electron chi connectivity index (χ4n) is 2.80. The van der Waals surface area contributed by atoms with Crippen LogP contribution in [0.15, 0.2) is 41.1 Å². The van der Waals surface area contributed by atoms with Gasteiger partial charge in [-0.15, -0.1) is 0 Å². The standard InChI is InChI=1S/C17H18OS/c1-17(2,18)16-10-13-6-4-3-5-12(13)9-15(16)14-7-8-19-11-14/h3-9,11,16,18H,10H2,1-2H3. The summed E-state index contributed by atoms with van der Waals surface area (Å²) in [5.41, 5.74) is 4.40. The predicted molar refractivity (Wildman–Crippen MR) is 82.1 cm³/mol. The van der Waals surface area contributed by atoms with Gasteiger partial charge in [-0.2, -0.15) is 11.3 Å². The summed E-state index contributed by atoms with van der Waals surface area (Å²) in [6.07, 6.45) is 3.14. The molecule has 1 N–H and O–H groups in total. The van der Waals surface area contributed by atoms with Gasteiger partial charge in [0.05, 0.1) is 5.60 Å². The Morgan fingerprint density at radius 1 is 1.21 bits per heavy atom. The zero-order chi connectivity index (χ0) is 13.5. The normalized spacial score (nSPS) is 18.9. The lowest BCUT2D eigenvalue weighted by molar-refractivity contribution is 0.0409. The Balaban J connectivity index is 2.13. The summed E-state index contributed by atoms with van der Waals surface area (Å²) in [5.74, 6) is 0.150. The van der Waals surface area contributed by atoms with Gasteiger partial charge in [0, 0.05) is 5.92 Å². The van der Waals surface area contributed by atoms with E-state index in [1.807, 2.05) is 13.8 Å². The van der Waals surface area contributed by atoms with Crippen molar-refractivity contribution in [3.05, 3.63) is 57.8 Å². The van der Waals surface area contributed by atoms with Crippen molar-refractivity contribution in [2.24, 2.45) is 5.92 Å². The van der Waals surface area contributed by atoms with Crippen LogP contribution in [0.5, 0.6) is 0 Å². The minimum atomic E-state index is -0.707. The maximum Gasteiger partial charge on any atom is 0.0663 e. The largest absolute Gasteiger partial charge is 0.390 e. The van der Waals surface area contributed by atoms with Gasteiger partial charge in [-0.25, -0.2) is 0 Å². The maximum atomic E-state index is 10.5. The van der Waals surface area contributed by atoms with Gasteiger partial charge in [0.2, 0.25) is 0 Å². The van der Waals surface area contributed by atoms with Gasteiger partial charge in [0.15, 0.2) is 0 Å². The molecule has 0 spiro atoms. The van der Waals surface area contributed by atoms with E-state index < -0.39 is 5.60 Å². The van der Waals surface area contributed by atoms with Crippen LogP contribution in [-0.2, 0) is 6.42 Å². The SMILES string of the molecule is CC(C)(O)C1Cc2ccccc2C=C1c1ccsc1. The van der Waals surface area contributed by atoms with E-state index in [9.17, 15) is 5.11 Å². The van der Waals surface area contributed by atoms with Gasteiger partial charge in [-0.1, -0.05) is 30.3 Å². The molecule has 1 aliphatic rings. The first-order valence-electron chi connectivity index (χ1n) is 6.60. The maximum absolute atomic E-state index is 10.5. The van der Waals surface area contributed by atoms with Crippen LogP contribution in [0.25, 0.3) is 11.6 Å². The van der Waals surface area contributed by atoms with Crippen molar-refractivity contribution in [2.75, 3.05) is 0 Å². The third-order valence-corrected chi connectivity index (χ3v) is 4.56. The van der Waals surface area contributed by atoms with E-state index in [0.29, 0.717) is 0 Å². The highest BCUT2D eigenvalue weighted by atomic mass is 32.1. The zero-order valence-corrected chi connectivity index (χ0v) is 12.1. The van der Waals surface area contributed by atoms with Crippen LogP contribution in [-0.4, -0.2) is 10.7 Å². The average molecular weight is 270 g/mol. The van der Waals surface area contributed by atoms with E-state index in [0.717, 1.165) is 6.42 Å². The van der Waals surface area contributed by atoms with Gasteiger partial charge < -0.3 is 5.11 Å². The van der Waals surface area contributed by atoms with Crippen LogP contribution in [0.1, 0.15) is 30.5 Å². The summed E-state index contributed by atoms with van der Waals surface area (Å²) < 4.78 is 0. The van der Waals surface area contributed by atoms with Gasteiger partial charge in [0.1, 0.15) is 0 Å². The van der Waals surface area contributed by atoms with Crippen LogP contribution >= 0.6 is 11.3 Å². The number of fused-ring (bicyclic) bond motifs is 1. The first-order chi connectivity index (χ1) is 9.05. The molecule has 19 heavy (non-hydrogen) atoms. The van der Waals surface area contributed by atoms with Crippen LogP contribution in [0.4, 0.5) is 0 Å². The number of benzene rings is 1. The van der Waals surface area contributed by atoms with Crippen LogP contribution in [0.3, 0.4) is 0 Å². The van der Waals surface area contributed by atoms with Gasteiger partial charge in [0.25, 0.3) is 0 Å². The molecule has 98 valence electrons. The monoisotopic (exact) mass is 270 g/mol. The Hall–Kier alpha value is -1.38. The summed E-state index contributed by atoms with van der Waals surface area (Å²) in [7, 11) is 0. The molecule has 1 aliphatic carbocycles. The highest BCUT2D eigenvalue weighted by Gasteiger charge is 2.33. The number of rotatable bonds is 2. The molecule has 1 atom stereocenters. The Labute approximate surface area is 118 Å². The lowest BCUT2D eigenvalue weighted by Gasteiger charge is -2.35. The van der Waals surface area contributed by atoms with Crippen LogP contribution in [0, 0.1) is 5.92 Å². The van der Waals surface area contributed by atoms with E-state index in [-0.39, 0.29) is 5.92 Å². The summed E-state index contributed by atoms with van der Waals surface area (Å²) in [6, 6.07) is 10.6. The molecule has 0 saturated carbocycles. The minimum Gasteiger partial charge on any atom is -0.390 e. The number of hydrogen-bond donors (Lipinski definition) is 1. The highest BCUT2D eigenvalue weighted by Crippen LogP contribution is 2.40. The summed E-state index contributed by atoms with van der Waals surface area (Å²) in [5, 5.41) is 14.8. The Bertz CT molecular complexity index is 602. The first kappa shape index (κ1) is 12.6. The van der Waals surface area contributed by atoms with E-state index in [1.165, 1.54) is 22.3 Å². The molecular formula is C17H18OS. The summed E-state index contributed by atoms with van der Waals surface area (Å²) in [4.78, 5) is 0. The highest BCUT2D eigenvalue weighted by molar-refractivity contribution is 7.08. The zero-order valence-electron chi connectivity index (χ0n) is 11.3. The van der Waals surface area contributed by atoms with E-state index in [4.69, 9.17) is 0 Å². The number of aliphatic hydroxyl groups is 1. The molecule has 1 heterocycles. The fourth-order valence-corrected chi connectivity index (χ4v) is 3.47. The fraction of sp³-hybridized carbons (Fsp3) is 0.294. The van der Waals surface area contributed by atoms with Crippen LogP contribution < -0.4 is 0 Å². The molecule has 3 rings (SSSR count). The second kappa shape index (κ2) is 4.62. The summed E-state index contributed by atoms with van der Waals surface area (Å²) >= 11 is 1.70. The quantitative estimate of drug-likeness (QED) is 0.865. The van der Waals surface area contributed by atoms with Crippen molar-refractivity contribution in [3.8, 4) is 0 Å².